The molecule has 7 heterocycles. The number of hydrogen-bond donors (Lipinski definition) is 3. The molecule has 10 atom stereocenters. The molecule has 236 valence electrons. The van der Waals surface area contributed by atoms with Crippen molar-refractivity contribution >= 4 is 67.4 Å². The van der Waals surface area contributed by atoms with Gasteiger partial charge < -0.3 is 44.0 Å². The van der Waals surface area contributed by atoms with E-state index in [4.69, 9.17) is 50.8 Å². The average Bonchev–Trinajstić information content (AvgIpc) is 3.73. The van der Waals surface area contributed by atoms with Crippen molar-refractivity contribution in [1.82, 2.24) is 34.1 Å². The molecule has 23 heteroatoms. The van der Waals surface area contributed by atoms with E-state index in [1.807, 2.05) is 0 Å². The molecule has 0 amide bonds. The SMILES string of the molecule is [BH3-][P@]1(=O)OC[C@H]2O[C@@H](n3cnc4c(N)ncnc43)[C@H](F)[C@@H]2OP(O)(=S)OCC2O[C@@H](n3cnc4c(N)ccnc43)[C@H](F)[C@@H]2O1. The Balaban J connectivity index is 1.17. The lowest BCUT2D eigenvalue weighted by atomic mass is 10.1. The van der Waals surface area contributed by atoms with E-state index in [9.17, 15) is 9.46 Å². The zero-order chi connectivity index (χ0) is 31.0. The van der Waals surface area contributed by atoms with E-state index in [0.29, 0.717) is 11.2 Å². The summed E-state index contributed by atoms with van der Waals surface area (Å²) in [6.45, 7) is -5.24. The predicted octanol–water partition coefficient (Wildman–Crippen LogP) is 0.414. The topological polar surface area (TPSA) is 219 Å². The van der Waals surface area contributed by atoms with Gasteiger partial charge in [-0.25, -0.2) is 33.7 Å². The maximum Gasteiger partial charge on any atom is 0.325 e. The number of ether oxygens (including phenoxy) is 2. The molecule has 0 spiro atoms. The molecule has 3 aliphatic rings. The summed E-state index contributed by atoms with van der Waals surface area (Å²) in [5.41, 5.74) is 13.1. The van der Waals surface area contributed by atoms with Gasteiger partial charge >= 0.3 is 6.72 Å². The van der Waals surface area contributed by atoms with Gasteiger partial charge in [-0.3, -0.25) is 13.7 Å². The molecule has 44 heavy (non-hydrogen) atoms. The van der Waals surface area contributed by atoms with E-state index in [2.05, 4.69) is 24.9 Å². The minimum Gasteiger partial charge on any atom is -0.397 e. The van der Waals surface area contributed by atoms with E-state index in [1.54, 1.807) is 6.07 Å². The van der Waals surface area contributed by atoms with Crippen LogP contribution in [0, 0.1) is 0 Å². The van der Waals surface area contributed by atoms with Crippen LogP contribution in [0.1, 0.15) is 12.5 Å². The molecule has 0 bridgehead atoms. The van der Waals surface area contributed by atoms with Crippen molar-refractivity contribution in [3.05, 3.63) is 31.2 Å². The van der Waals surface area contributed by atoms with E-state index < -0.39 is 84.2 Å². The van der Waals surface area contributed by atoms with E-state index in [1.165, 1.54) is 34.3 Å². The molecule has 0 saturated carbocycles. The van der Waals surface area contributed by atoms with Gasteiger partial charge in [0.05, 0.1) is 39.1 Å². The summed E-state index contributed by atoms with van der Waals surface area (Å²) in [5, 5.41) is 0. The number of alkyl halides is 2. The van der Waals surface area contributed by atoms with Crippen LogP contribution >= 0.6 is 14.2 Å². The van der Waals surface area contributed by atoms with Gasteiger partial charge in [-0.05, 0) is 17.9 Å². The maximum absolute atomic E-state index is 16.0. The summed E-state index contributed by atoms with van der Waals surface area (Å²) >= 11 is 5.19. The van der Waals surface area contributed by atoms with Crippen LogP contribution < -0.4 is 11.5 Å². The van der Waals surface area contributed by atoms with Crippen molar-refractivity contribution in [3.63, 3.8) is 0 Å². The lowest BCUT2D eigenvalue weighted by molar-refractivity contribution is -0.0566. The highest BCUT2D eigenvalue weighted by atomic mass is 32.5. The first-order chi connectivity index (χ1) is 20.9. The number of fused-ring (bicyclic) bond motifs is 4. The lowest BCUT2D eigenvalue weighted by Crippen LogP contribution is -2.37. The van der Waals surface area contributed by atoms with Gasteiger partial charge in [0.15, 0.2) is 41.9 Å². The fourth-order valence-electron chi connectivity index (χ4n) is 5.17. The first kappa shape index (κ1) is 30.0. The number of aromatic nitrogens is 7. The first-order valence-corrected chi connectivity index (χ1v) is 16.3. The highest BCUT2D eigenvalue weighted by molar-refractivity contribution is 8.07. The Hall–Kier alpha value is -2.71. The Bertz CT molecular complexity index is 1710. The monoisotopic (exact) mass is 674 g/mol. The van der Waals surface area contributed by atoms with Crippen LogP contribution in [0.3, 0.4) is 0 Å². The number of pyridine rings is 1. The Morgan fingerprint density at radius 2 is 1.50 bits per heavy atom. The van der Waals surface area contributed by atoms with E-state index in [-0.39, 0.29) is 22.6 Å². The van der Waals surface area contributed by atoms with Crippen molar-refractivity contribution in [2.45, 2.75) is 49.2 Å². The lowest BCUT2D eigenvalue weighted by Gasteiger charge is -2.31. The van der Waals surface area contributed by atoms with Crippen LogP contribution in [0.4, 0.5) is 20.3 Å². The third kappa shape index (κ3) is 5.20. The highest BCUT2D eigenvalue weighted by Crippen LogP contribution is 2.54. The molecular weight excluding hydrogens is 649 g/mol. The molecule has 3 fully saturated rings. The molecule has 3 saturated heterocycles. The largest absolute Gasteiger partial charge is 0.397 e. The number of rotatable bonds is 2. The van der Waals surface area contributed by atoms with Gasteiger partial charge in [-0.1, -0.05) is 0 Å². The second-order valence-corrected chi connectivity index (χ2v) is 13.5. The van der Waals surface area contributed by atoms with Gasteiger partial charge in [0.25, 0.3) is 0 Å². The second-order valence-electron chi connectivity index (χ2n) is 9.75. The maximum atomic E-state index is 16.0. The van der Waals surface area contributed by atoms with Gasteiger partial charge in [0, 0.05) is 6.20 Å². The Labute approximate surface area is 252 Å². The summed E-state index contributed by atoms with van der Waals surface area (Å²) < 4.78 is 82.6. The number of hydrogen-bond acceptors (Lipinski definition) is 15. The van der Waals surface area contributed by atoms with Crippen molar-refractivity contribution in [1.29, 1.82) is 0 Å². The van der Waals surface area contributed by atoms with Gasteiger partial charge in [-0.15, -0.1) is 0 Å². The van der Waals surface area contributed by atoms with Crippen molar-refractivity contribution in [2.75, 3.05) is 24.7 Å². The Kier molecular flexibility index (Phi) is 7.48. The van der Waals surface area contributed by atoms with Crippen LogP contribution in [0.25, 0.3) is 22.3 Å². The molecule has 5 N–H and O–H groups in total. The average molecular weight is 674 g/mol. The molecule has 2 unspecified atom stereocenters. The quantitative estimate of drug-likeness (QED) is 0.194. The zero-order valence-electron chi connectivity index (χ0n) is 21.6. The second kappa shape index (κ2) is 11.0. The Morgan fingerprint density at radius 1 is 0.909 bits per heavy atom. The number of halogens is 2. The van der Waals surface area contributed by atoms with Gasteiger partial charge in [-0.2, -0.15) is 0 Å². The van der Waals surface area contributed by atoms with Gasteiger partial charge in [0.2, 0.25) is 0 Å². The van der Waals surface area contributed by atoms with Crippen LogP contribution in [0.2, 0.25) is 0 Å². The van der Waals surface area contributed by atoms with Crippen molar-refractivity contribution in [3.8, 4) is 0 Å². The molecular formula is C21H25BF2N9O8P2S-. The molecule has 4 aromatic rings. The predicted molar refractivity (Wildman–Crippen MR) is 155 cm³/mol. The molecule has 4 aromatic heterocycles. The van der Waals surface area contributed by atoms with Gasteiger partial charge in [0.1, 0.15) is 49.3 Å². The minimum atomic E-state index is -4.20. The van der Waals surface area contributed by atoms with Crippen LogP contribution in [-0.2, 0) is 43.9 Å². The van der Waals surface area contributed by atoms with Crippen molar-refractivity contribution in [2.24, 2.45) is 0 Å². The molecule has 3 aliphatic heterocycles. The third-order valence-corrected chi connectivity index (χ3v) is 9.51. The van der Waals surface area contributed by atoms with E-state index >= 15 is 8.78 Å². The van der Waals surface area contributed by atoms with E-state index in [0.717, 1.165) is 0 Å². The van der Waals surface area contributed by atoms with Crippen molar-refractivity contribution < 1.29 is 45.8 Å². The fraction of sp³-hybridized carbons (Fsp3) is 0.476. The highest BCUT2D eigenvalue weighted by Gasteiger charge is 2.53. The molecule has 0 aliphatic carbocycles. The summed E-state index contributed by atoms with van der Waals surface area (Å²) in [5.74, 6) is 0.0771. The molecule has 0 radical (unpaired) electrons. The smallest absolute Gasteiger partial charge is 0.325 e. The number of nitrogens with two attached hydrogens (primary N) is 2. The number of imidazole rings is 2. The zero-order valence-corrected chi connectivity index (χ0v) is 24.2. The van der Waals surface area contributed by atoms with Crippen LogP contribution in [0.5, 0.6) is 0 Å². The standard InChI is InChI=1S/C21H25BF2N9O8P2S/c22-42(34)36-3-9-16(12(24)21(38-9)33-7-31-14-17(26)28-5-29-19(14)33)41-43(35,44)37-4-10-15(40-42)11(23)20(39-10)32-6-30-13-8(25)1-2-27-18(13)32/h1-2,5-7,9-12,15-16,20-21H,3-4H2,22H3,(H2,25,27)(H,35,44)(H2,26,28,29)/q-1/t9-,10?,11-,12-,15-,16-,20-,21-,42+,43?/m1/s1. The fourth-order valence-corrected chi connectivity index (χ4v) is 7.38. The van der Waals surface area contributed by atoms with Crippen LogP contribution in [0.15, 0.2) is 31.2 Å². The minimum absolute atomic E-state index is 0.0771. The normalized spacial score (nSPS) is 38.3. The number of anilines is 2. The first-order valence-electron chi connectivity index (χ1n) is 12.6. The summed E-state index contributed by atoms with van der Waals surface area (Å²) in [4.78, 5) is 31.5. The molecule has 17 nitrogen and oxygen atoms in total. The number of nitrogens with zero attached hydrogens (tertiary/aromatic N) is 7. The number of nitrogen functional groups attached to an aromatic ring is 2. The van der Waals surface area contributed by atoms with Crippen LogP contribution in [-0.4, -0.2) is 96.5 Å². The Morgan fingerprint density at radius 3 is 2.18 bits per heavy atom. The molecule has 0 aromatic carbocycles. The molecule has 7 rings (SSSR count). The third-order valence-electron chi connectivity index (χ3n) is 7.17. The summed E-state index contributed by atoms with van der Waals surface area (Å²) in [7, 11) is -5.04. The summed E-state index contributed by atoms with van der Waals surface area (Å²) in [6.07, 6.45) is -6.82. The summed E-state index contributed by atoms with van der Waals surface area (Å²) in [6, 6.07) is 1.55.